The lowest BCUT2D eigenvalue weighted by Gasteiger charge is -2.11. The number of nitrogen functional groups attached to an aromatic ring is 1. The summed E-state index contributed by atoms with van der Waals surface area (Å²) in [5.41, 5.74) is 8.87. The number of pyridine rings is 1. The van der Waals surface area contributed by atoms with Crippen molar-refractivity contribution in [2.75, 3.05) is 17.6 Å². The zero-order chi connectivity index (χ0) is 13.0. The first kappa shape index (κ1) is 12.4. The maximum atomic E-state index is 5.97. The van der Waals surface area contributed by atoms with Crippen molar-refractivity contribution in [1.82, 2.24) is 4.98 Å². The number of fused-ring (bicyclic) bond motifs is 1. The number of nitrogens with two attached hydrogens (primary N) is 1. The van der Waals surface area contributed by atoms with Gasteiger partial charge in [0.25, 0.3) is 0 Å². The maximum Gasteiger partial charge on any atom is 0.0422 e. The van der Waals surface area contributed by atoms with Crippen molar-refractivity contribution in [3.8, 4) is 0 Å². The molecule has 94 valence electrons. The number of rotatable bonds is 4. The fourth-order valence-electron chi connectivity index (χ4n) is 1.98. The number of nitrogens with one attached hydrogen (secondary N) is 1. The van der Waals surface area contributed by atoms with Crippen molar-refractivity contribution < 1.29 is 0 Å². The second kappa shape index (κ2) is 5.54. The van der Waals surface area contributed by atoms with Crippen molar-refractivity contribution in [1.29, 1.82) is 0 Å². The van der Waals surface area contributed by atoms with Gasteiger partial charge in [-0.15, -0.1) is 0 Å². The molecule has 0 radical (unpaired) electrons. The third-order valence-corrected chi connectivity index (χ3v) is 2.93. The highest BCUT2D eigenvalue weighted by atomic mass is 14.9. The van der Waals surface area contributed by atoms with E-state index in [0.29, 0.717) is 0 Å². The van der Waals surface area contributed by atoms with Crippen LogP contribution in [-0.2, 0) is 0 Å². The van der Waals surface area contributed by atoms with E-state index in [1.165, 1.54) is 0 Å². The molecule has 2 rings (SSSR count). The van der Waals surface area contributed by atoms with Gasteiger partial charge in [0.05, 0.1) is 0 Å². The van der Waals surface area contributed by atoms with Gasteiger partial charge in [-0.25, -0.2) is 0 Å². The van der Waals surface area contributed by atoms with Gasteiger partial charge < -0.3 is 11.1 Å². The minimum absolute atomic E-state index is 0.775. The standard InChI is InChI=1S/C15H19N3/c1-3-4-5-8-17-15-7-6-14(16)13-10-18-11(2)9-12(13)15/h3-4,6-7,9-10,17H,5,8,16H2,1-2H3/b4-3+. The Kier molecular flexibility index (Phi) is 3.82. The van der Waals surface area contributed by atoms with Crippen molar-refractivity contribution in [3.05, 3.63) is 42.2 Å². The van der Waals surface area contributed by atoms with Gasteiger partial charge in [0.1, 0.15) is 0 Å². The average Bonchev–Trinajstić information content (AvgIpc) is 2.37. The van der Waals surface area contributed by atoms with Gasteiger partial charge in [0.15, 0.2) is 0 Å². The van der Waals surface area contributed by atoms with Gasteiger partial charge >= 0.3 is 0 Å². The molecule has 3 N–H and O–H groups in total. The monoisotopic (exact) mass is 241 g/mol. The molecule has 1 aromatic carbocycles. The molecule has 3 heteroatoms. The van der Waals surface area contributed by atoms with Crippen molar-refractivity contribution >= 4 is 22.1 Å². The number of nitrogens with zero attached hydrogens (tertiary/aromatic N) is 1. The number of aryl methyl sites for hydroxylation is 1. The Morgan fingerprint density at radius 1 is 1.33 bits per heavy atom. The van der Waals surface area contributed by atoms with Crippen LogP contribution < -0.4 is 11.1 Å². The molecule has 0 aliphatic heterocycles. The van der Waals surface area contributed by atoms with Gasteiger partial charge in [0, 0.05) is 40.6 Å². The highest BCUT2D eigenvalue weighted by Crippen LogP contribution is 2.28. The fourth-order valence-corrected chi connectivity index (χ4v) is 1.98. The summed E-state index contributed by atoms with van der Waals surface area (Å²) in [6.45, 7) is 4.95. The predicted octanol–water partition coefficient (Wildman–Crippen LogP) is 3.50. The average molecular weight is 241 g/mol. The highest BCUT2D eigenvalue weighted by Gasteiger charge is 2.04. The lowest BCUT2D eigenvalue weighted by molar-refractivity contribution is 1.07. The fraction of sp³-hybridized carbons (Fsp3) is 0.267. The Morgan fingerprint density at radius 2 is 2.17 bits per heavy atom. The second-order valence-corrected chi connectivity index (χ2v) is 4.36. The first-order valence-corrected chi connectivity index (χ1v) is 6.22. The first-order valence-electron chi connectivity index (χ1n) is 6.22. The van der Waals surface area contributed by atoms with Crippen LogP contribution in [0.25, 0.3) is 10.8 Å². The van der Waals surface area contributed by atoms with Crippen molar-refractivity contribution in [2.24, 2.45) is 0 Å². The van der Waals surface area contributed by atoms with Crippen LogP contribution in [0.15, 0.2) is 36.5 Å². The van der Waals surface area contributed by atoms with Gasteiger partial charge in [-0.1, -0.05) is 12.2 Å². The Balaban J connectivity index is 2.32. The van der Waals surface area contributed by atoms with E-state index in [1.807, 2.05) is 32.2 Å². The number of hydrogen-bond acceptors (Lipinski definition) is 3. The summed E-state index contributed by atoms with van der Waals surface area (Å²) in [7, 11) is 0. The molecule has 0 atom stereocenters. The molecule has 1 aromatic heterocycles. The van der Waals surface area contributed by atoms with Gasteiger partial charge in [-0.2, -0.15) is 0 Å². The topological polar surface area (TPSA) is 50.9 Å². The van der Waals surface area contributed by atoms with E-state index in [0.717, 1.165) is 40.8 Å². The summed E-state index contributed by atoms with van der Waals surface area (Å²) in [4.78, 5) is 4.30. The maximum absolute atomic E-state index is 5.97. The molecule has 0 saturated carbocycles. The normalized spacial score (nSPS) is 11.2. The lowest BCUT2D eigenvalue weighted by atomic mass is 10.1. The summed E-state index contributed by atoms with van der Waals surface area (Å²) < 4.78 is 0. The van der Waals surface area contributed by atoms with Crippen LogP contribution in [0.1, 0.15) is 19.0 Å². The minimum atomic E-state index is 0.775. The summed E-state index contributed by atoms with van der Waals surface area (Å²) >= 11 is 0. The Labute approximate surface area is 108 Å². The molecule has 0 unspecified atom stereocenters. The van der Waals surface area contributed by atoms with Gasteiger partial charge in [0.2, 0.25) is 0 Å². The number of aromatic nitrogens is 1. The molecule has 0 aliphatic rings. The Bertz CT molecular complexity index is 573. The summed E-state index contributed by atoms with van der Waals surface area (Å²) in [6, 6.07) is 6.04. The minimum Gasteiger partial charge on any atom is -0.398 e. The molecule has 0 bridgehead atoms. The molecule has 3 nitrogen and oxygen atoms in total. The van der Waals surface area contributed by atoms with E-state index in [1.54, 1.807) is 0 Å². The summed E-state index contributed by atoms with van der Waals surface area (Å²) in [6.07, 6.45) is 7.08. The predicted molar refractivity (Wildman–Crippen MR) is 78.8 cm³/mol. The van der Waals surface area contributed by atoms with Gasteiger partial charge in [-0.05, 0) is 38.5 Å². The quantitative estimate of drug-likeness (QED) is 0.489. The van der Waals surface area contributed by atoms with Crippen molar-refractivity contribution in [3.63, 3.8) is 0 Å². The van der Waals surface area contributed by atoms with E-state index in [-0.39, 0.29) is 0 Å². The summed E-state index contributed by atoms with van der Waals surface area (Å²) in [5.74, 6) is 0. The van der Waals surface area contributed by atoms with Crippen LogP contribution in [0.5, 0.6) is 0 Å². The zero-order valence-corrected chi connectivity index (χ0v) is 10.9. The van der Waals surface area contributed by atoms with Crippen LogP contribution in [-0.4, -0.2) is 11.5 Å². The van der Waals surface area contributed by atoms with Crippen LogP contribution >= 0.6 is 0 Å². The third kappa shape index (κ3) is 2.62. The second-order valence-electron chi connectivity index (χ2n) is 4.36. The number of allylic oxidation sites excluding steroid dienone is 1. The number of hydrogen-bond donors (Lipinski definition) is 2. The molecule has 1 heterocycles. The first-order chi connectivity index (χ1) is 8.72. The Hall–Kier alpha value is -2.03. The van der Waals surface area contributed by atoms with E-state index >= 15 is 0 Å². The molecular weight excluding hydrogens is 222 g/mol. The lowest BCUT2D eigenvalue weighted by Crippen LogP contribution is -2.02. The smallest absolute Gasteiger partial charge is 0.0422 e. The molecule has 0 amide bonds. The molecular formula is C15H19N3. The van der Waals surface area contributed by atoms with Crippen LogP contribution in [0.2, 0.25) is 0 Å². The molecule has 0 spiro atoms. The van der Waals surface area contributed by atoms with Crippen LogP contribution in [0.4, 0.5) is 11.4 Å². The largest absolute Gasteiger partial charge is 0.398 e. The van der Waals surface area contributed by atoms with E-state index in [4.69, 9.17) is 5.73 Å². The third-order valence-electron chi connectivity index (χ3n) is 2.93. The zero-order valence-electron chi connectivity index (χ0n) is 10.9. The number of anilines is 2. The van der Waals surface area contributed by atoms with Gasteiger partial charge in [-0.3, -0.25) is 4.98 Å². The molecule has 0 fully saturated rings. The van der Waals surface area contributed by atoms with Crippen molar-refractivity contribution in [2.45, 2.75) is 20.3 Å². The highest BCUT2D eigenvalue weighted by molar-refractivity contribution is 6.00. The van der Waals surface area contributed by atoms with Crippen LogP contribution in [0, 0.1) is 6.92 Å². The number of benzene rings is 1. The van der Waals surface area contributed by atoms with E-state index in [9.17, 15) is 0 Å². The van der Waals surface area contributed by atoms with Crippen LogP contribution in [0.3, 0.4) is 0 Å². The van der Waals surface area contributed by atoms with E-state index in [2.05, 4.69) is 28.5 Å². The SMILES string of the molecule is C/C=C/CCNc1ccc(N)c2cnc(C)cc12. The summed E-state index contributed by atoms with van der Waals surface area (Å²) in [5, 5.41) is 5.59. The van der Waals surface area contributed by atoms with E-state index < -0.39 is 0 Å². The molecule has 2 aromatic rings. The Morgan fingerprint density at radius 3 is 2.94 bits per heavy atom. The molecule has 0 saturated heterocycles. The molecule has 18 heavy (non-hydrogen) atoms. The molecule has 0 aliphatic carbocycles.